The minimum Gasteiger partial charge on any atom is -0.397 e. The molecule has 0 aliphatic heterocycles. The second kappa shape index (κ2) is 4.73. The zero-order valence-electron chi connectivity index (χ0n) is 9.97. The number of nitrogen functional groups attached to an aromatic ring is 1. The van der Waals surface area contributed by atoms with E-state index < -0.39 is 11.7 Å². The van der Waals surface area contributed by atoms with Crippen LogP contribution in [0.15, 0.2) is 18.2 Å². The molecule has 0 fully saturated rings. The molecule has 0 atom stereocenters. The molecule has 0 radical (unpaired) electrons. The lowest BCUT2D eigenvalue weighted by Gasteiger charge is -2.06. The second-order valence-corrected chi connectivity index (χ2v) is 4.97. The summed E-state index contributed by atoms with van der Waals surface area (Å²) in [5.41, 5.74) is 5.09. The summed E-state index contributed by atoms with van der Waals surface area (Å²) in [5, 5.41) is 2.84. The summed E-state index contributed by atoms with van der Waals surface area (Å²) in [4.78, 5) is 12.0. The maximum atomic E-state index is 12.6. The molecule has 0 aliphatic carbocycles. The number of rotatable bonds is 2. The highest BCUT2D eigenvalue weighted by Gasteiger charge is 2.31. The number of hydrogen-bond acceptors (Lipinski definition) is 3. The predicted molar refractivity (Wildman–Crippen MR) is 69.2 cm³/mol. The van der Waals surface area contributed by atoms with Crippen molar-refractivity contribution >= 4 is 33.0 Å². The van der Waals surface area contributed by atoms with Gasteiger partial charge in [0.2, 0.25) is 0 Å². The molecular weight excluding hydrogens is 277 g/mol. The fraction of sp³-hybridized carbons (Fsp3) is 0.250. The van der Waals surface area contributed by atoms with Gasteiger partial charge >= 0.3 is 6.18 Å². The molecule has 0 bridgehead atoms. The van der Waals surface area contributed by atoms with Crippen molar-refractivity contribution in [2.24, 2.45) is 0 Å². The fourth-order valence-electron chi connectivity index (χ4n) is 1.70. The molecule has 3 N–H and O–H groups in total. The van der Waals surface area contributed by atoms with E-state index in [0.29, 0.717) is 11.2 Å². The van der Waals surface area contributed by atoms with Crippen molar-refractivity contribution < 1.29 is 18.0 Å². The number of amides is 1. The Labute approximate surface area is 111 Å². The summed E-state index contributed by atoms with van der Waals surface area (Å²) in [6.45, 7) is 2.18. The Bertz CT molecular complexity index is 634. The quantitative estimate of drug-likeness (QED) is 0.891. The van der Waals surface area contributed by atoms with E-state index in [0.717, 1.165) is 23.5 Å². The minimum atomic E-state index is -4.42. The summed E-state index contributed by atoms with van der Waals surface area (Å²) in [6.07, 6.45) is -4.42. The summed E-state index contributed by atoms with van der Waals surface area (Å²) in [6, 6.07) is 3.30. The van der Waals surface area contributed by atoms with Gasteiger partial charge in [-0.15, -0.1) is 11.3 Å². The van der Waals surface area contributed by atoms with Gasteiger partial charge in [0.05, 0.1) is 11.3 Å². The molecule has 7 heteroatoms. The highest BCUT2D eigenvalue weighted by atomic mass is 32.1. The van der Waals surface area contributed by atoms with E-state index in [1.165, 1.54) is 6.07 Å². The van der Waals surface area contributed by atoms with Crippen molar-refractivity contribution in [1.82, 2.24) is 5.32 Å². The number of halogens is 3. The molecule has 1 amide bonds. The Morgan fingerprint density at radius 1 is 1.42 bits per heavy atom. The lowest BCUT2D eigenvalue weighted by molar-refractivity contribution is -0.137. The Morgan fingerprint density at radius 3 is 2.68 bits per heavy atom. The average Bonchev–Trinajstić information content (AvgIpc) is 2.66. The number of hydrogen-bond donors (Lipinski definition) is 2. The Morgan fingerprint density at radius 2 is 2.11 bits per heavy atom. The minimum absolute atomic E-state index is 0.0945. The first-order valence-corrected chi connectivity index (χ1v) is 6.33. The van der Waals surface area contributed by atoms with Crippen LogP contribution in [0.3, 0.4) is 0 Å². The van der Waals surface area contributed by atoms with Crippen molar-refractivity contribution in [2.45, 2.75) is 13.1 Å². The van der Waals surface area contributed by atoms with Crippen molar-refractivity contribution in [2.75, 3.05) is 12.3 Å². The van der Waals surface area contributed by atoms with Crippen LogP contribution in [0.4, 0.5) is 18.9 Å². The van der Waals surface area contributed by atoms with Crippen LogP contribution in [0.2, 0.25) is 0 Å². The van der Waals surface area contributed by atoms with Gasteiger partial charge in [-0.2, -0.15) is 13.2 Å². The van der Waals surface area contributed by atoms with Crippen LogP contribution in [-0.2, 0) is 6.18 Å². The summed E-state index contributed by atoms with van der Waals surface area (Å²) in [7, 11) is 0. The van der Waals surface area contributed by atoms with Gasteiger partial charge in [0.25, 0.3) is 5.91 Å². The van der Waals surface area contributed by atoms with Crippen LogP contribution in [-0.4, -0.2) is 12.5 Å². The third-order valence-corrected chi connectivity index (χ3v) is 3.78. The molecule has 0 spiro atoms. The van der Waals surface area contributed by atoms with E-state index in [9.17, 15) is 18.0 Å². The molecule has 0 saturated carbocycles. The number of carbonyl (C=O) groups excluding carboxylic acids is 1. The molecule has 0 unspecified atom stereocenters. The predicted octanol–water partition coefficient (Wildman–Crippen LogP) is 3.25. The zero-order chi connectivity index (χ0) is 14.2. The van der Waals surface area contributed by atoms with E-state index in [-0.39, 0.29) is 21.9 Å². The van der Waals surface area contributed by atoms with Gasteiger partial charge in [-0.1, -0.05) is 0 Å². The van der Waals surface area contributed by atoms with E-state index in [1.54, 1.807) is 6.92 Å². The third kappa shape index (κ3) is 2.51. The average molecular weight is 288 g/mol. The molecule has 2 rings (SSSR count). The molecule has 102 valence electrons. The van der Waals surface area contributed by atoms with Crippen LogP contribution >= 0.6 is 11.3 Å². The SMILES string of the molecule is CCNC(=O)c1sc2ccc(C(F)(F)F)cc2c1N. The number of nitrogens with two attached hydrogens (primary N) is 1. The summed E-state index contributed by atoms with van der Waals surface area (Å²) >= 11 is 1.09. The Balaban J connectivity index is 2.55. The van der Waals surface area contributed by atoms with E-state index in [4.69, 9.17) is 5.73 Å². The summed E-state index contributed by atoms with van der Waals surface area (Å²) in [5.74, 6) is -0.366. The maximum Gasteiger partial charge on any atom is 0.416 e. The molecular formula is C12H11F3N2OS. The largest absolute Gasteiger partial charge is 0.416 e. The van der Waals surface area contributed by atoms with Crippen LogP contribution in [0.25, 0.3) is 10.1 Å². The van der Waals surface area contributed by atoms with Crippen molar-refractivity contribution in [1.29, 1.82) is 0 Å². The first-order chi connectivity index (χ1) is 8.84. The number of anilines is 1. The van der Waals surface area contributed by atoms with Crippen molar-refractivity contribution in [3.8, 4) is 0 Å². The van der Waals surface area contributed by atoms with Crippen LogP contribution < -0.4 is 11.1 Å². The molecule has 1 aromatic carbocycles. The smallest absolute Gasteiger partial charge is 0.397 e. The molecule has 0 aliphatic rings. The van der Waals surface area contributed by atoms with Crippen LogP contribution in [0, 0.1) is 0 Å². The second-order valence-electron chi connectivity index (χ2n) is 3.91. The van der Waals surface area contributed by atoms with Crippen molar-refractivity contribution in [3.63, 3.8) is 0 Å². The van der Waals surface area contributed by atoms with Crippen LogP contribution in [0.5, 0.6) is 0 Å². The normalized spacial score (nSPS) is 11.8. The first kappa shape index (κ1) is 13.7. The van der Waals surface area contributed by atoms with Gasteiger partial charge in [0, 0.05) is 16.6 Å². The molecule has 19 heavy (non-hydrogen) atoms. The summed E-state index contributed by atoms with van der Waals surface area (Å²) < 4.78 is 38.4. The molecule has 2 aromatic rings. The van der Waals surface area contributed by atoms with Crippen LogP contribution in [0.1, 0.15) is 22.2 Å². The Kier molecular flexibility index (Phi) is 3.40. The number of benzene rings is 1. The molecule has 3 nitrogen and oxygen atoms in total. The number of carbonyl (C=O) groups is 1. The third-order valence-electron chi connectivity index (χ3n) is 2.60. The standard InChI is InChI=1S/C12H11F3N2OS/c1-2-17-11(18)10-9(16)7-5-6(12(13,14)15)3-4-8(7)19-10/h3-5H,2,16H2,1H3,(H,17,18). The number of thiophene rings is 1. The zero-order valence-corrected chi connectivity index (χ0v) is 10.8. The lowest BCUT2D eigenvalue weighted by Crippen LogP contribution is -2.22. The highest BCUT2D eigenvalue weighted by molar-refractivity contribution is 7.21. The van der Waals surface area contributed by atoms with Gasteiger partial charge in [-0.25, -0.2) is 0 Å². The van der Waals surface area contributed by atoms with Crippen molar-refractivity contribution in [3.05, 3.63) is 28.6 Å². The monoisotopic (exact) mass is 288 g/mol. The fourth-order valence-corrected chi connectivity index (χ4v) is 2.72. The van der Waals surface area contributed by atoms with E-state index in [1.807, 2.05) is 0 Å². The topological polar surface area (TPSA) is 55.1 Å². The number of alkyl halides is 3. The van der Waals surface area contributed by atoms with E-state index in [2.05, 4.69) is 5.32 Å². The molecule has 0 saturated heterocycles. The van der Waals surface area contributed by atoms with Gasteiger partial charge in [-0.05, 0) is 25.1 Å². The maximum absolute atomic E-state index is 12.6. The lowest BCUT2D eigenvalue weighted by atomic mass is 10.1. The number of fused-ring (bicyclic) bond motifs is 1. The number of nitrogens with one attached hydrogen (secondary N) is 1. The molecule has 1 heterocycles. The van der Waals surface area contributed by atoms with Gasteiger partial charge in [0.1, 0.15) is 4.88 Å². The van der Waals surface area contributed by atoms with E-state index >= 15 is 0 Å². The molecule has 1 aromatic heterocycles. The van der Waals surface area contributed by atoms with Gasteiger partial charge in [0.15, 0.2) is 0 Å². The first-order valence-electron chi connectivity index (χ1n) is 5.52. The van der Waals surface area contributed by atoms with Gasteiger partial charge < -0.3 is 11.1 Å². The van der Waals surface area contributed by atoms with Gasteiger partial charge in [-0.3, -0.25) is 4.79 Å². The Hall–Kier alpha value is -1.76. The highest BCUT2D eigenvalue weighted by Crippen LogP contribution is 2.38.